The van der Waals surface area contributed by atoms with Gasteiger partial charge in [-0.3, -0.25) is 4.79 Å². The van der Waals surface area contributed by atoms with Crippen molar-refractivity contribution in [1.29, 1.82) is 0 Å². The van der Waals surface area contributed by atoms with Gasteiger partial charge in [-0.1, -0.05) is 41.2 Å². The molecule has 4 rings (SSSR count). The van der Waals surface area contributed by atoms with E-state index in [9.17, 15) is 4.79 Å². The minimum absolute atomic E-state index is 0.00348. The number of amides is 1. The molecule has 2 heterocycles. The molecule has 1 aliphatic rings. The Hall–Kier alpha value is -2.44. The maximum Gasteiger partial charge on any atom is 0.228 e. The van der Waals surface area contributed by atoms with Crippen molar-refractivity contribution in [3.63, 3.8) is 0 Å². The number of thiazole rings is 1. The van der Waals surface area contributed by atoms with Crippen LogP contribution in [0.2, 0.25) is 0 Å². The summed E-state index contributed by atoms with van der Waals surface area (Å²) in [6.07, 6.45) is 0.384. The number of aromatic nitrogens is 1. The van der Waals surface area contributed by atoms with Crippen LogP contribution in [0, 0.1) is 6.92 Å². The van der Waals surface area contributed by atoms with E-state index < -0.39 is 0 Å². The highest BCUT2D eigenvalue weighted by molar-refractivity contribution is 7.22. The van der Waals surface area contributed by atoms with Gasteiger partial charge in [0, 0.05) is 31.9 Å². The quantitative estimate of drug-likeness (QED) is 0.752. The summed E-state index contributed by atoms with van der Waals surface area (Å²) in [5, 5.41) is 4.09. The lowest BCUT2D eigenvalue weighted by Crippen LogP contribution is -2.44. The molecule has 3 aromatic rings. The fourth-order valence-electron chi connectivity index (χ4n) is 3.34. The van der Waals surface area contributed by atoms with Gasteiger partial charge < -0.3 is 15.1 Å². The van der Waals surface area contributed by atoms with Crippen LogP contribution in [0.4, 0.5) is 10.8 Å². The first-order chi connectivity index (χ1) is 13.1. The zero-order valence-electron chi connectivity index (χ0n) is 15.7. The van der Waals surface area contributed by atoms with Crippen LogP contribution in [0.1, 0.15) is 11.1 Å². The summed E-state index contributed by atoms with van der Waals surface area (Å²) in [6, 6.07) is 14.0. The summed E-state index contributed by atoms with van der Waals surface area (Å²) < 4.78 is 1.11. The highest BCUT2D eigenvalue weighted by atomic mass is 32.1. The van der Waals surface area contributed by atoms with E-state index in [4.69, 9.17) is 4.98 Å². The Morgan fingerprint density at radius 2 is 1.96 bits per heavy atom. The molecule has 0 aliphatic carbocycles. The van der Waals surface area contributed by atoms with Gasteiger partial charge in [0.1, 0.15) is 0 Å². The predicted molar refractivity (Wildman–Crippen MR) is 113 cm³/mol. The second kappa shape index (κ2) is 7.66. The van der Waals surface area contributed by atoms with Gasteiger partial charge in [0.15, 0.2) is 5.13 Å². The number of carbonyl (C=O) groups is 1. The number of aryl methyl sites for hydroxylation is 1. The number of benzene rings is 2. The zero-order valence-corrected chi connectivity index (χ0v) is 16.6. The number of hydrogen-bond acceptors (Lipinski definition) is 5. The van der Waals surface area contributed by atoms with E-state index in [0.29, 0.717) is 6.42 Å². The third kappa shape index (κ3) is 4.28. The van der Waals surface area contributed by atoms with Crippen molar-refractivity contribution >= 4 is 38.3 Å². The molecule has 0 saturated carbocycles. The Labute approximate surface area is 163 Å². The monoisotopic (exact) mass is 380 g/mol. The summed E-state index contributed by atoms with van der Waals surface area (Å²) in [6.45, 7) is 6.19. The van der Waals surface area contributed by atoms with Gasteiger partial charge in [0.2, 0.25) is 5.91 Å². The van der Waals surface area contributed by atoms with Crippen molar-refractivity contribution in [2.75, 3.05) is 43.4 Å². The molecule has 1 aliphatic heterocycles. The van der Waals surface area contributed by atoms with E-state index in [2.05, 4.69) is 22.2 Å². The van der Waals surface area contributed by atoms with Gasteiger partial charge >= 0.3 is 0 Å². The first-order valence-electron chi connectivity index (χ1n) is 9.26. The van der Waals surface area contributed by atoms with Crippen molar-refractivity contribution in [2.24, 2.45) is 0 Å². The van der Waals surface area contributed by atoms with Crippen LogP contribution < -0.4 is 10.2 Å². The third-order valence-corrected chi connectivity index (χ3v) is 5.96. The maximum absolute atomic E-state index is 12.4. The molecule has 0 spiro atoms. The van der Waals surface area contributed by atoms with Gasteiger partial charge in [-0.2, -0.15) is 0 Å². The van der Waals surface area contributed by atoms with Crippen molar-refractivity contribution < 1.29 is 4.79 Å². The average molecular weight is 381 g/mol. The SMILES string of the molecule is Cc1cccc(CC(=O)Nc2ccc3nc(N4CCN(C)CC4)sc3c2)c1. The molecule has 1 N–H and O–H groups in total. The summed E-state index contributed by atoms with van der Waals surface area (Å²) in [4.78, 5) is 21.8. The van der Waals surface area contributed by atoms with Crippen LogP contribution in [-0.2, 0) is 11.2 Å². The molecule has 5 nitrogen and oxygen atoms in total. The van der Waals surface area contributed by atoms with Gasteiger partial charge in [-0.15, -0.1) is 0 Å². The van der Waals surface area contributed by atoms with Crippen LogP contribution in [0.25, 0.3) is 10.2 Å². The van der Waals surface area contributed by atoms with E-state index in [1.165, 1.54) is 5.56 Å². The van der Waals surface area contributed by atoms with Crippen LogP contribution in [0.5, 0.6) is 0 Å². The minimum Gasteiger partial charge on any atom is -0.345 e. The number of likely N-dealkylation sites (N-methyl/N-ethyl adjacent to an activating group) is 1. The number of piperazine rings is 1. The third-order valence-electron chi connectivity index (χ3n) is 4.88. The molecule has 1 aromatic heterocycles. The number of carbonyl (C=O) groups excluding carboxylic acids is 1. The lowest BCUT2D eigenvalue weighted by atomic mass is 10.1. The largest absolute Gasteiger partial charge is 0.345 e. The van der Waals surface area contributed by atoms with E-state index in [0.717, 1.165) is 52.8 Å². The molecule has 140 valence electrons. The van der Waals surface area contributed by atoms with Crippen LogP contribution in [0.15, 0.2) is 42.5 Å². The van der Waals surface area contributed by atoms with Crippen molar-refractivity contribution in [2.45, 2.75) is 13.3 Å². The zero-order chi connectivity index (χ0) is 18.8. The molecule has 0 bridgehead atoms. The minimum atomic E-state index is 0.00348. The van der Waals surface area contributed by atoms with Crippen LogP contribution in [-0.4, -0.2) is 49.0 Å². The normalized spacial score (nSPS) is 15.3. The molecule has 6 heteroatoms. The van der Waals surface area contributed by atoms with Crippen LogP contribution >= 0.6 is 11.3 Å². The molecule has 1 amide bonds. The molecule has 2 aromatic carbocycles. The predicted octanol–water partition coefficient (Wildman–Crippen LogP) is 3.54. The van der Waals surface area contributed by atoms with E-state index in [1.54, 1.807) is 11.3 Å². The Balaban J connectivity index is 1.45. The average Bonchev–Trinajstić information content (AvgIpc) is 3.05. The van der Waals surface area contributed by atoms with Gasteiger partial charge in [0.25, 0.3) is 0 Å². The molecule has 1 fully saturated rings. The molecule has 1 saturated heterocycles. The van der Waals surface area contributed by atoms with Crippen molar-refractivity contribution in [3.8, 4) is 0 Å². The molecular formula is C21H24N4OS. The summed E-state index contributed by atoms with van der Waals surface area (Å²) in [5.74, 6) is 0.00348. The Morgan fingerprint density at radius 3 is 2.74 bits per heavy atom. The number of anilines is 2. The lowest BCUT2D eigenvalue weighted by molar-refractivity contribution is -0.115. The summed E-state index contributed by atoms with van der Waals surface area (Å²) in [7, 11) is 2.15. The van der Waals surface area contributed by atoms with E-state index >= 15 is 0 Å². The van der Waals surface area contributed by atoms with Gasteiger partial charge in [-0.05, 0) is 37.7 Å². The fourth-order valence-corrected chi connectivity index (χ4v) is 4.39. The fraction of sp³-hybridized carbons (Fsp3) is 0.333. The first kappa shape index (κ1) is 17.9. The molecule has 0 unspecified atom stereocenters. The smallest absolute Gasteiger partial charge is 0.228 e. The van der Waals surface area contributed by atoms with E-state index in [-0.39, 0.29) is 5.91 Å². The number of fused-ring (bicyclic) bond motifs is 1. The van der Waals surface area contributed by atoms with Gasteiger partial charge in [-0.25, -0.2) is 4.98 Å². The maximum atomic E-state index is 12.4. The van der Waals surface area contributed by atoms with Crippen LogP contribution in [0.3, 0.4) is 0 Å². The topological polar surface area (TPSA) is 48.5 Å². The molecule has 0 radical (unpaired) electrons. The standard InChI is InChI=1S/C21H24N4OS/c1-15-4-3-5-16(12-15)13-20(26)22-17-6-7-18-19(14-17)27-21(23-18)25-10-8-24(2)9-11-25/h3-7,12,14H,8-11,13H2,1-2H3,(H,22,26). The van der Waals surface area contributed by atoms with Crippen molar-refractivity contribution in [1.82, 2.24) is 9.88 Å². The number of nitrogens with one attached hydrogen (secondary N) is 1. The Morgan fingerprint density at radius 1 is 1.15 bits per heavy atom. The van der Waals surface area contributed by atoms with Gasteiger partial charge in [0.05, 0.1) is 16.6 Å². The number of nitrogens with zero attached hydrogens (tertiary/aromatic N) is 3. The van der Waals surface area contributed by atoms with E-state index in [1.807, 2.05) is 49.4 Å². The molecule has 27 heavy (non-hydrogen) atoms. The number of hydrogen-bond donors (Lipinski definition) is 1. The Kier molecular flexibility index (Phi) is 5.09. The molecular weight excluding hydrogens is 356 g/mol. The lowest BCUT2D eigenvalue weighted by Gasteiger charge is -2.31. The second-order valence-corrected chi connectivity index (χ2v) is 8.19. The molecule has 0 atom stereocenters. The Bertz CT molecular complexity index is 960. The number of rotatable bonds is 4. The van der Waals surface area contributed by atoms with Crippen molar-refractivity contribution in [3.05, 3.63) is 53.6 Å². The summed E-state index contributed by atoms with van der Waals surface area (Å²) in [5.41, 5.74) is 4.02. The first-order valence-corrected chi connectivity index (χ1v) is 10.1. The highest BCUT2D eigenvalue weighted by Crippen LogP contribution is 2.31. The second-order valence-electron chi connectivity index (χ2n) is 7.18. The highest BCUT2D eigenvalue weighted by Gasteiger charge is 2.17. The summed E-state index contributed by atoms with van der Waals surface area (Å²) >= 11 is 1.70.